The van der Waals surface area contributed by atoms with E-state index in [1.807, 2.05) is 0 Å². The van der Waals surface area contributed by atoms with Gasteiger partial charge in [-0.2, -0.15) is 0 Å². The van der Waals surface area contributed by atoms with Crippen molar-refractivity contribution in [3.8, 4) is 0 Å². The average Bonchev–Trinajstić information content (AvgIpc) is 3.33. The molecule has 1 amide bonds. The van der Waals surface area contributed by atoms with Gasteiger partial charge in [-0.05, 0) is 57.8 Å². The second-order valence-electron chi connectivity index (χ2n) is 20.7. The molecule has 0 aromatic rings. The van der Waals surface area contributed by atoms with E-state index in [-0.39, 0.29) is 18.5 Å². The van der Waals surface area contributed by atoms with Crippen molar-refractivity contribution in [3.05, 3.63) is 24.3 Å². The van der Waals surface area contributed by atoms with E-state index in [1.165, 1.54) is 250 Å². The van der Waals surface area contributed by atoms with Crippen molar-refractivity contribution in [2.45, 2.75) is 341 Å². The Morgan fingerprint density at radius 2 is 0.746 bits per heavy atom. The van der Waals surface area contributed by atoms with Gasteiger partial charge in [-0.1, -0.05) is 282 Å². The normalized spacial score (nSPS) is 12.7. The van der Waals surface area contributed by atoms with Gasteiger partial charge in [0.15, 0.2) is 0 Å². The third-order valence-electron chi connectivity index (χ3n) is 14.0. The summed E-state index contributed by atoms with van der Waals surface area (Å²) >= 11 is 0. The molecule has 6 nitrogen and oxygen atoms in total. The summed E-state index contributed by atoms with van der Waals surface area (Å²) in [5, 5.41) is 23.2. The topological polar surface area (TPSA) is 95.9 Å². The molecule has 0 aliphatic heterocycles. The summed E-state index contributed by atoms with van der Waals surface area (Å²) in [4.78, 5) is 24.4. The smallest absolute Gasteiger partial charge is 0.305 e. The average molecular weight is 945 g/mol. The van der Waals surface area contributed by atoms with Crippen molar-refractivity contribution in [1.29, 1.82) is 0 Å². The fourth-order valence-corrected chi connectivity index (χ4v) is 9.38. The first-order valence-electron chi connectivity index (χ1n) is 30.1. The molecule has 0 heterocycles. The molecule has 0 rings (SSSR count). The number of hydrogen-bond acceptors (Lipinski definition) is 5. The van der Waals surface area contributed by atoms with Gasteiger partial charge in [-0.25, -0.2) is 0 Å². The molecule has 0 saturated heterocycles. The molecule has 0 fully saturated rings. The third kappa shape index (κ3) is 53.5. The number of nitrogens with one attached hydrogen (secondary N) is 1. The minimum atomic E-state index is -0.664. The lowest BCUT2D eigenvalue weighted by atomic mass is 10.0. The first-order valence-corrected chi connectivity index (χ1v) is 30.1. The van der Waals surface area contributed by atoms with Crippen LogP contribution in [0.4, 0.5) is 0 Å². The predicted octanol–water partition coefficient (Wildman–Crippen LogP) is 18.6. The highest BCUT2D eigenvalue weighted by atomic mass is 16.5. The zero-order valence-corrected chi connectivity index (χ0v) is 45.1. The van der Waals surface area contributed by atoms with Crippen molar-refractivity contribution in [3.63, 3.8) is 0 Å². The van der Waals surface area contributed by atoms with Crippen LogP contribution in [0.1, 0.15) is 328 Å². The molecule has 0 spiro atoms. The number of aliphatic hydroxyl groups is 2. The fraction of sp³-hybridized carbons (Fsp3) is 0.902. The lowest BCUT2D eigenvalue weighted by Crippen LogP contribution is -2.45. The monoisotopic (exact) mass is 944 g/mol. The number of unbranched alkanes of at least 4 members (excludes halogenated alkanes) is 41. The van der Waals surface area contributed by atoms with Crippen molar-refractivity contribution in [2.24, 2.45) is 0 Å². The van der Waals surface area contributed by atoms with E-state index < -0.39 is 12.1 Å². The molecule has 396 valence electrons. The number of esters is 1. The molecule has 0 aliphatic rings. The van der Waals surface area contributed by atoms with Gasteiger partial charge >= 0.3 is 5.97 Å². The SMILES string of the molecule is CCCCCCCCCCCCCCC(=O)OCCCCCCCCCCC/C=C\C/C=C\CCCCCCCCCCCCCC(=O)NC(CO)C(O)CCCCCCCCCCCCC. The number of hydrogen-bond donors (Lipinski definition) is 3. The van der Waals surface area contributed by atoms with Crippen LogP contribution in [0, 0.1) is 0 Å². The minimum Gasteiger partial charge on any atom is -0.466 e. The van der Waals surface area contributed by atoms with Crippen molar-refractivity contribution in [2.75, 3.05) is 13.2 Å². The van der Waals surface area contributed by atoms with Gasteiger partial charge in [0.1, 0.15) is 0 Å². The molecule has 67 heavy (non-hydrogen) atoms. The summed E-state index contributed by atoms with van der Waals surface area (Å²) in [7, 11) is 0. The van der Waals surface area contributed by atoms with Crippen LogP contribution in [-0.2, 0) is 14.3 Å². The van der Waals surface area contributed by atoms with Crippen LogP contribution in [0.5, 0.6) is 0 Å². The molecule has 0 saturated carbocycles. The van der Waals surface area contributed by atoms with Crippen LogP contribution >= 0.6 is 0 Å². The molecule has 2 unspecified atom stereocenters. The second-order valence-corrected chi connectivity index (χ2v) is 20.7. The molecule has 0 aromatic carbocycles. The fourth-order valence-electron chi connectivity index (χ4n) is 9.38. The predicted molar refractivity (Wildman–Crippen MR) is 292 cm³/mol. The number of carbonyl (C=O) groups excluding carboxylic acids is 2. The van der Waals surface area contributed by atoms with Gasteiger partial charge in [-0.3, -0.25) is 9.59 Å². The van der Waals surface area contributed by atoms with Crippen molar-refractivity contribution < 1.29 is 24.5 Å². The quantitative estimate of drug-likeness (QED) is 0.0321. The van der Waals surface area contributed by atoms with Crippen molar-refractivity contribution >= 4 is 11.9 Å². The largest absolute Gasteiger partial charge is 0.466 e. The summed E-state index contributed by atoms with van der Waals surface area (Å²) in [6.45, 7) is 4.95. The Morgan fingerprint density at radius 1 is 0.418 bits per heavy atom. The molecular weight excluding hydrogens is 827 g/mol. The summed E-state index contributed by atoms with van der Waals surface area (Å²) in [6, 6.07) is -0.542. The van der Waals surface area contributed by atoms with Crippen LogP contribution in [0.25, 0.3) is 0 Å². The Labute approximate surface area is 418 Å². The number of aliphatic hydroxyl groups excluding tert-OH is 2. The number of ether oxygens (including phenoxy) is 1. The molecule has 2 atom stereocenters. The van der Waals surface area contributed by atoms with Crippen molar-refractivity contribution in [1.82, 2.24) is 5.32 Å². The van der Waals surface area contributed by atoms with E-state index in [0.29, 0.717) is 25.9 Å². The van der Waals surface area contributed by atoms with Gasteiger partial charge in [0.2, 0.25) is 5.91 Å². The minimum absolute atomic E-state index is 0.0114. The highest BCUT2D eigenvalue weighted by Crippen LogP contribution is 2.17. The maximum Gasteiger partial charge on any atom is 0.305 e. The molecule has 0 radical (unpaired) electrons. The van der Waals surface area contributed by atoms with E-state index in [4.69, 9.17) is 4.74 Å². The number of carbonyl (C=O) groups is 2. The highest BCUT2D eigenvalue weighted by Gasteiger charge is 2.20. The molecular formula is C61H117NO5. The Hall–Kier alpha value is -1.66. The first-order chi connectivity index (χ1) is 33.0. The van der Waals surface area contributed by atoms with E-state index in [2.05, 4.69) is 43.5 Å². The standard InChI is InChI=1S/C61H117NO5/c1-3-5-7-9-11-13-15-35-39-43-47-51-55-61(66)67-56-52-48-44-40-36-32-30-28-26-24-22-20-18-16-17-19-21-23-25-27-29-31-34-38-42-46-50-54-60(65)62-58(57-63)59(64)53-49-45-41-37-33-14-12-10-8-6-4-2/h16-17,20,22,58-59,63-64H,3-15,18-19,21,23-57H2,1-2H3,(H,62,65)/b17-16-,22-20-. The van der Waals surface area contributed by atoms with Gasteiger partial charge in [0.05, 0.1) is 25.4 Å². The maximum absolute atomic E-state index is 12.4. The zero-order chi connectivity index (χ0) is 48.6. The van der Waals surface area contributed by atoms with E-state index in [1.54, 1.807) is 0 Å². The summed E-state index contributed by atoms with van der Waals surface area (Å²) in [5.41, 5.74) is 0. The van der Waals surface area contributed by atoms with Gasteiger partial charge < -0.3 is 20.3 Å². The van der Waals surface area contributed by atoms with Gasteiger partial charge in [-0.15, -0.1) is 0 Å². The number of rotatable bonds is 56. The third-order valence-corrected chi connectivity index (χ3v) is 14.0. The van der Waals surface area contributed by atoms with Crippen LogP contribution in [0.15, 0.2) is 24.3 Å². The number of amides is 1. The molecule has 0 bridgehead atoms. The molecule has 0 aromatic heterocycles. The van der Waals surface area contributed by atoms with Crippen LogP contribution in [0.2, 0.25) is 0 Å². The highest BCUT2D eigenvalue weighted by molar-refractivity contribution is 5.76. The summed E-state index contributed by atoms with van der Waals surface area (Å²) in [5.74, 6) is -0.0269. The second kappa shape index (κ2) is 56.9. The van der Waals surface area contributed by atoms with Crippen LogP contribution < -0.4 is 5.32 Å². The van der Waals surface area contributed by atoms with E-state index in [0.717, 1.165) is 44.9 Å². The summed E-state index contributed by atoms with van der Waals surface area (Å²) < 4.78 is 5.47. The maximum atomic E-state index is 12.4. The lowest BCUT2D eigenvalue weighted by molar-refractivity contribution is -0.143. The first kappa shape index (κ1) is 65.3. The van der Waals surface area contributed by atoms with E-state index >= 15 is 0 Å². The van der Waals surface area contributed by atoms with Crippen LogP contribution in [0.3, 0.4) is 0 Å². The lowest BCUT2D eigenvalue weighted by Gasteiger charge is -2.22. The van der Waals surface area contributed by atoms with Crippen LogP contribution in [-0.4, -0.2) is 47.4 Å². The van der Waals surface area contributed by atoms with E-state index in [9.17, 15) is 19.8 Å². The summed E-state index contributed by atoms with van der Waals surface area (Å²) in [6.07, 6.45) is 69.0. The van der Waals surface area contributed by atoms with Gasteiger partial charge in [0, 0.05) is 12.8 Å². The Kier molecular flexibility index (Phi) is 55.5. The molecule has 6 heteroatoms. The Bertz CT molecular complexity index is 1040. The molecule has 0 aliphatic carbocycles. The zero-order valence-electron chi connectivity index (χ0n) is 45.1. The molecule has 3 N–H and O–H groups in total. The Morgan fingerprint density at radius 3 is 1.13 bits per heavy atom. The Balaban J connectivity index is 3.40. The number of allylic oxidation sites excluding steroid dienone is 4. The van der Waals surface area contributed by atoms with Gasteiger partial charge in [0.25, 0.3) is 0 Å².